The van der Waals surface area contributed by atoms with E-state index in [2.05, 4.69) is 63.2 Å². The Morgan fingerprint density at radius 3 is 2.07 bits per heavy atom. The van der Waals surface area contributed by atoms with E-state index in [0.717, 1.165) is 0 Å². The van der Waals surface area contributed by atoms with E-state index in [1.54, 1.807) is 0 Å². The summed E-state index contributed by atoms with van der Waals surface area (Å²) in [5.74, 6) is 0. The third kappa shape index (κ3) is 2.10. The molecule has 0 unspecified atom stereocenters. The standard InChI is InChI=1S/C15H15/c1-11-4-7-14(8-5-11)15-9-6-12(2)13(3)10-15/h4-9H,1-3H3. The fraction of sp³-hybridized carbons (Fsp3) is 0.200. The molecule has 1 radical (unpaired) electrons. The number of hydrogen-bond acceptors (Lipinski definition) is 0. The fourth-order valence-corrected chi connectivity index (χ4v) is 1.58. The third-order valence-electron chi connectivity index (χ3n) is 2.78. The van der Waals surface area contributed by atoms with Crippen LogP contribution in [0.3, 0.4) is 0 Å². The van der Waals surface area contributed by atoms with Crippen LogP contribution in [0.1, 0.15) is 16.7 Å². The summed E-state index contributed by atoms with van der Waals surface area (Å²) in [6.07, 6.45) is 0. The lowest BCUT2D eigenvalue weighted by Gasteiger charge is -2.05. The lowest BCUT2D eigenvalue weighted by molar-refractivity contribution is 1.33. The Labute approximate surface area is 91.6 Å². The Morgan fingerprint density at radius 1 is 0.800 bits per heavy atom. The van der Waals surface area contributed by atoms with Crippen LogP contribution in [0.4, 0.5) is 0 Å². The maximum absolute atomic E-state index is 3.41. The molecule has 0 aliphatic carbocycles. The molecule has 0 saturated heterocycles. The van der Waals surface area contributed by atoms with Crippen LogP contribution in [0.25, 0.3) is 11.1 Å². The van der Waals surface area contributed by atoms with Gasteiger partial charge in [0.1, 0.15) is 0 Å². The van der Waals surface area contributed by atoms with E-state index in [-0.39, 0.29) is 0 Å². The quantitative estimate of drug-likeness (QED) is 0.643. The summed E-state index contributed by atoms with van der Waals surface area (Å²) in [7, 11) is 0. The van der Waals surface area contributed by atoms with E-state index in [4.69, 9.17) is 0 Å². The second-order valence-corrected chi connectivity index (χ2v) is 4.05. The lowest BCUT2D eigenvalue weighted by atomic mass is 10.00. The first kappa shape index (κ1) is 9.97. The van der Waals surface area contributed by atoms with Gasteiger partial charge >= 0.3 is 0 Å². The summed E-state index contributed by atoms with van der Waals surface area (Å²) in [4.78, 5) is 0. The van der Waals surface area contributed by atoms with Gasteiger partial charge in [-0.1, -0.05) is 42.0 Å². The van der Waals surface area contributed by atoms with Crippen LogP contribution in [-0.2, 0) is 0 Å². The average molecular weight is 195 g/mol. The molecule has 0 bridgehead atoms. The van der Waals surface area contributed by atoms with E-state index in [1.165, 1.54) is 27.8 Å². The van der Waals surface area contributed by atoms with Crippen LogP contribution in [0.2, 0.25) is 0 Å². The Morgan fingerprint density at radius 2 is 1.47 bits per heavy atom. The molecule has 15 heavy (non-hydrogen) atoms. The number of aryl methyl sites for hydroxylation is 3. The molecule has 0 fully saturated rings. The molecule has 0 spiro atoms. The molecule has 0 aliphatic heterocycles. The summed E-state index contributed by atoms with van der Waals surface area (Å²) < 4.78 is 0. The zero-order valence-electron chi connectivity index (χ0n) is 9.46. The molecule has 2 aromatic carbocycles. The highest BCUT2D eigenvalue weighted by atomic mass is 14.0. The molecule has 0 aliphatic rings. The molecule has 0 aromatic heterocycles. The second kappa shape index (κ2) is 3.90. The predicted octanol–water partition coefficient (Wildman–Crippen LogP) is 4.08. The molecule has 75 valence electrons. The van der Waals surface area contributed by atoms with Gasteiger partial charge in [0.05, 0.1) is 0 Å². The predicted molar refractivity (Wildman–Crippen MR) is 64.9 cm³/mol. The number of hydrogen-bond donors (Lipinski definition) is 0. The largest absolute Gasteiger partial charge is 0.0587 e. The van der Waals surface area contributed by atoms with Crippen molar-refractivity contribution in [3.8, 4) is 11.1 Å². The normalized spacial score (nSPS) is 10.3. The number of rotatable bonds is 1. The van der Waals surface area contributed by atoms with Gasteiger partial charge in [0.2, 0.25) is 0 Å². The third-order valence-corrected chi connectivity index (χ3v) is 2.78. The van der Waals surface area contributed by atoms with Crippen molar-refractivity contribution in [1.29, 1.82) is 0 Å². The Hall–Kier alpha value is -1.56. The van der Waals surface area contributed by atoms with Gasteiger partial charge in [0.15, 0.2) is 0 Å². The summed E-state index contributed by atoms with van der Waals surface area (Å²) in [5, 5.41) is 0. The fourth-order valence-electron chi connectivity index (χ4n) is 1.58. The first-order valence-electron chi connectivity index (χ1n) is 5.23. The SMILES string of the molecule is Cc1ccc(-c2[c]c(C)c(C)cc2)cc1. The molecule has 2 aromatic rings. The summed E-state index contributed by atoms with van der Waals surface area (Å²) >= 11 is 0. The van der Waals surface area contributed by atoms with Crippen molar-refractivity contribution in [1.82, 2.24) is 0 Å². The molecule has 0 atom stereocenters. The highest BCUT2D eigenvalue weighted by Gasteiger charge is 1.99. The molecule has 0 amide bonds. The maximum Gasteiger partial charge on any atom is -0.00645 e. The Kier molecular flexibility index (Phi) is 2.59. The van der Waals surface area contributed by atoms with Crippen molar-refractivity contribution in [3.05, 3.63) is 59.2 Å². The van der Waals surface area contributed by atoms with Crippen molar-refractivity contribution in [2.24, 2.45) is 0 Å². The van der Waals surface area contributed by atoms with E-state index < -0.39 is 0 Å². The summed E-state index contributed by atoms with van der Waals surface area (Å²) in [6, 6.07) is 16.3. The van der Waals surface area contributed by atoms with Gasteiger partial charge < -0.3 is 0 Å². The topological polar surface area (TPSA) is 0 Å². The number of benzene rings is 2. The first-order chi connectivity index (χ1) is 7.16. The minimum atomic E-state index is 1.18. The van der Waals surface area contributed by atoms with Gasteiger partial charge in [0.25, 0.3) is 0 Å². The van der Waals surface area contributed by atoms with E-state index >= 15 is 0 Å². The van der Waals surface area contributed by atoms with Crippen molar-refractivity contribution < 1.29 is 0 Å². The monoisotopic (exact) mass is 195 g/mol. The average Bonchev–Trinajstić information content (AvgIpc) is 2.23. The van der Waals surface area contributed by atoms with Crippen LogP contribution >= 0.6 is 0 Å². The highest BCUT2D eigenvalue weighted by molar-refractivity contribution is 5.64. The van der Waals surface area contributed by atoms with Crippen molar-refractivity contribution in [2.45, 2.75) is 20.8 Å². The Bertz CT molecular complexity index is 464. The molecule has 2 rings (SSSR count). The highest BCUT2D eigenvalue weighted by Crippen LogP contribution is 2.21. The van der Waals surface area contributed by atoms with Crippen LogP contribution in [0.15, 0.2) is 36.4 Å². The molecule has 0 heterocycles. The van der Waals surface area contributed by atoms with Crippen molar-refractivity contribution in [3.63, 3.8) is 0 Å². The molecule has 0 N–H and O–H groups in total. The maximum atomic E-state index is 3.41. The van der Waals surface area contributed by atoms with E-state index in [1.807, 2.05) is 0 Å². The summed E-state index contributed by atoms with van der Waals surface area (Å²) in [5.41, 5.74) is 6.24. The van der Waals surface area contributed by atoms with Gasteiger partial charge in [-0.3, -0.25) is 0 Å². The van der Waals surface area contributed by atoms with Crippen LogP contribution in [0, 0.1) is 26.8 Å². The van der Waals surface area contributed by atoms with E-state index in [0.29, 0.717) is 0 Å². The zero-order chi connectivity index (χ0) is 10.8. The Balaban J connectivity index is 2.45. The van der Waals surface area contributed by atoms with Crippen LogP contribution < -0.4 is 0 Å². The smallest absolute Gasteiger partial charge is 0.00645 e. The van der Waals surface area contributed by atoms with Crippen molar-refractivity contribution in [2.75, 3.05) is 0 Å². The second-order valence-electron chi connectivity index (χ2n) is 4.05. The van der Waals surface area contributed by atoms with Gasteiger partial charge in [0, 0.05) is 0 Å². The molecular weight excluding hydrogens is 180 g/mol. The van der Waals surface area contributed by atoms with Gasteiger partial charge in [-0.2, -0.15) is 0 Å². The van der Waals surface area contributed by atoms with Crippen molar-refractivity contribution >= 4 is 0 Å². The van der Waals surface area contributed by atoms with Gasteiger partial charge in [-0.15, -0.1) is 0 Å². The molecular formula is C15H15. The first-order valence-corrected chi connectivity index (χ1v) is 5.23. The van der Waals surface area contributed by atoms with E-state index in [9.17, 15) is 0 Å². The molecule has 0 nitrogen and oxygen atoms in total. The van der Waals surface area contributed by atoms with Crippen LogP contribution in [0.5, 0.6) is 0 Å². The minimum Gasteiger partial charge on any atom is -0.0587 e. The zero-order valence-corrected chi connectivity index (χ0v) is 9.46. The minimum absolute atomic E-state index is 1.18. The molecule has 0 heteroatoms. The van der Waals surface area contributed by atoms with Gasteiger partial charge in [-0.25, -0.2) is 0 Å². The van der Waals surface area contributed by atoms with Crippen LogP contribution in [-0.4, -0.2) is 0 Å². The molecule has 0 saturated carbocycles. The summed E-state index contributed by atoms with van der Waals surface area (Å²) in [6.45, 7) is 6.33. The van der Waals surface area contributed by atoms with Gasteiger partial charge in [-0.05, 0) is 49.1 Å². The lowest BCUT2D eigenvalue weighted by Crippen LogP contribution is -1.84.